The van der Waals surface area contributed by atoms with E-state index in [1.165, 1.54) is 48.6 Å². The number of hydrogen-bond donors (Lipinski definition) is 1. The van der Waals surface area contributed by atoms with Crippen LogP contribution in [-0.2, 0) is 22.5 Å². The Morgan fingerprint density at radius 1 is 1.11 bits per heavy atom. The number of esters is 1. The van der Waals surface area contributed by atoms with Gasteiger partial charge in [-0.05, 0) is 78.9 Å². The number of nitrogens with zero attached hydrogens (tertiary/aromatic N) is 4. The average molecular weight is 500 g/mol. The molecule has 5 heterocycles. The Morgan fingerprint density at radius 2 is 1.97 bits per heavy atom. The third-order valence-electron chi connectivity index (χ3n) is 8.63. The number of pyridine rings is 2. The van der Waals surface area contributed by atoms with Crippen molar-refractivity contribution in [1.29, 1.82) is 0 Å². The van der Waals surface area contributed by atoms with Gasteiger partial charge in [-0.25, -0.2) is 4.98 Å². The smallest absolute Gasteiger partial charge is 0.306 e. The lowest BCUT2D eigenvalue weighted by Crippen LogP contribution is -2.60. The topological polar surface area (TPSA) is 70.6 Å². The molecule has 7 nitrogen and oxygen atoms in total. The summed E-state index contributed by atoms with van der Waals surface area (Å²) in [6, 6.07) is 13.0. The quantitative estimate of drug-likeness (QED) is 0.488. The van der Waals surface area contributed by atoms with Gasteiger partial charge in [-0.1, -0.05) is 18.2 Å². The van der Waals surface area contributed by atoms with E-state index in [4.69, 9.17) is 9.72 Å². The van der Waals surface area contributed by atoms with E-state index in [0.717, 1.165) is 63.4 Å². The minimum Gasteiger partial charge on any atom is -0.469 e. The van der Waals surface area contributed by atoms with Crippen LogP contribution in [-0.4, -0.2) is 72.1 Å². The normalized spacial score (nSPS) is 20.1. The van der Waals surface area contributed by atoms with Gasteiger partial charge in [0.2, 0.25) is 0 Å². The van der Waals surface area contributed by atoms with Gasteiger partial charge in [0, 0.05) is 56.4 Å². The number of nitrogens with one attached hydrogen (secondary N) is 1. The maximum absolute atomic E-state index is 12.2. The van der Waals surface area contributed by atoms with Gasteiger partial charge in [0.15, 0.2) is 0 Å². The van der Waals surface area contributed by atoms with Crippen molar-refractivity contribution in [3.8, 4) is 0 Å². The molecule has 1 aromatic carbocycles. The SMILES string of the molecule is COC(=O)C[C@H](CN1CC2(CCN(Cc3ccc4c(n3)NCCC4)CC2)C1)c1ccc2ccncc2c1. The largest absolute Gasteiger partial charge is 0.469 e. The highest BCUT2D eigenvalue weighted by molar-refractivity contribution is 5.82. The molecule has 7 heteroatoms. The first-order valence-electron chi connectivity index (χ1n) is 13.7. The molecule has 194 valence electrons. The molecule has 1 atom stereocenters. The fourth-order valence-electron chi connectivity index (χ4n) is 6.46. The molecule has 2 aromatic heterocycles. The second kappa shape index (κ2) is 10.4. The predicted octanol–water partition coefficient (Wildman–Crippen LogP) is 4.23. The fourth-order valence-corrected chi connectivity index (χ4v) is 6.46. The monoisotopic (exact) mass is 499 g/mol. The molecule has 1 spiro atoms. The summed E-state index contributed by atoms with van der Waals surface area (Å²) in [6.45, 7) is 7.35. The maximum Gasteiger partial charge on any atom is 0.306 e. The number of likely N-dealkylation sites (tertiary alicyclic amines) is 2. The number of anilines is 1. The lowest BCUT2D eigenvalue weighted by Gasteiger charge is -2.55. The van der Waals surface area contributed by atoms with Crippen molar-refractivity contribution in [2.75, 3.05) is 51.7 Å². The maximum atomic E-state index is 12.2. The number of carbonyl (C=O) groups is 1. The fraction of sp³-hybridized carbons (Fsp3) is 0.500. The molecule has 0 unspecified atom stereocenters. The number of carbonyl (C=O) groups excluding carboxylic acids is 1. The number of rotatable bonds is 7. The van der Waals surface area contributed by atoms with E-state index in [1.807, 2.05) is 18.5 Å². The number of piperidine rings is 1. The van der Waals surface area contributed by atoms with Gasteiger partial charge in [0.25, 0.3) is 0 Å². The van der Waals surface area contributed by atoms with Crippen LogP contribution >= 0.6 is 0 Å². The Bertz CT molecular complexity index is 1260. The van der Waals surface area contributed by atoms with Crippen molar-refractivity contribution in [2.24, 2.45) is 5.41 Å². The van der Waals surface area contributed by atoms with E-state index < -0.39 is 0 Å². The highest BCUT2D eigenvalue weighted by atomic mass is 16.5. The first-order valence-corrected chi connectivity index (χ1v) is 13.7. The Labute approximate surface area is 219 Å². The summed E-state index contributed by atoms with van der Waals surface area (Å²) in [4.78, 5) is 26.5. The summed E-state index contributed by atoms with van der Waals surface area (Å²) in [5, 5.41) is 5.75. The minimum absolute atomic E-state index is 0.123. The summed E-state index contributed by atoms with van der Waals surface area (Å²) >= 11 is 0. The van der Waals surface area contributed by atoms with E-state index in [1.54, 1.807) is 0 Å². The van der Waals surface area contributed by atoms with E-state index in [0.29, 0.717) is 11.8 Å². The number of hydrogen-bond acceptors (Lipinski definition) is 7. The van der Waals surface area contributed by atoms with Crippen molar-refractivity contribution in [1.82, 2.24) is 19.8 Å². The van der Waals surface area contributed by atoms with Gasteiger partial charge < -0.3 is 15.0 Å². The summed E-state index contributed by atoms with van der Waals surface area (Å²) in [5.74, 6) is 1.07. The first kappa shape index (κ1) is 24.3. The Morgan fingerprint density at radius 3 is 2.81 bits per heavy atom. The highest BCUT2D eigenvalue weighted by Crippen LogP contribution is 2.42. The van der Waals surface area contributed by atoms with Gasteiger partial charge >= 0.3 is 5.97 Å². The molecule has 0 radical (unpaired) electrons. The van der Waals surface area contributed by atoms with Crippen LogP contribution in [0.5, 0.6) is 0 Å². The molecule has 6 rings (SSSR count). The van der Waals surface area contributed by atoms with Crippen LogP contribution in [0, 0.1) is 5.41 Å². The van der Waals surface area contributed by atoms with Crippen LogP contribution in [0.1, 0.15) is 48.4 Å². The predicted molar refractivity (Wildman–Crippen MR) is 146 cm³/mol. The molecule has 3 aromatic rings. The van der Waals surface area contributed by atoms with Gasteiger partial charge in [0.05, 0.1) is 19.2 Å². The van der Waals surface area contributed by atoms with Crippen LogP contribution in [0.4, 0.5) is 5.82 Å². The van der Waals surface area contributed by atoms with Crippen LogP contribution < -0.4 is 5.32 Å². The molecule has 2 fully saturated rings. The molecule has 0 saturated carbocycles. The van der Waals surface area contributed by atoms with E-state index in [-0.39, 0.29) is 11.9 Å². The van der Waals surface area contributed by atoms with Gasteiger partial charge in [-0.3, -0.25) is 14.7 Å². The third-order valence-corrected chi connectivity index (χ3v) is 8.63. The van der Waals surface area contributed by atoms with Crippen molar-refractivity contribution in [3.05, 3.63) is 65.6 Å². The van der Waals surface area contributed by atoms with Crippen molar-refractivity contribution in [2.45, 2.75) is 44.6 Å². The average Bonchev–Trinajstić information content (AvgIpc) is 2.92. The minimum atomic E-state index is -0.147. The Balaban J connectivity index is 1.04. The number of benzene rings is 1. The molecule has 3 aliphatic heterocycles. The molecule has 0 aliphatic carbocycles. The molecular formula is C30H37N5O2. The van der Waals surface area contributed by atoms with Gasteiger partial charge in [-0.15, -0.1) is 0 Å². The molecule has 2 saturated heterocycles. The lowest BCUT2D eigenvalue weighted by molar-refractivity contribution is -0.141. The molecule has 37 heavy (non-hydrogen) atoms. The van der Waals surface area contributed by atoms with Gasteiger partial charge in [0.1, 0.15) is 5.82 Å². The van der Waals surface area contributed by atoms with Crippen molar-refractivity contribution in [3.63, 3.8) is 0 Å². The first-order chi connectivity index (χ1) is 18.1. The van der Waals surface area contributed by atoms with E-state index in [9.17, 15) is 4.79 Å². The Kier molecular flexibility index (Phi) is 6.82. The second-order valence-corrected chi connectivity index (χ2v) is 11.2. The molecule has 0 bridgehead atoms. The van der Waals surface area contributed by atoms with Crippen LogP contribution in [0.3, 0.4) is 0 Å². The number of ether oxygens (including phenoxy) is 1. The van der Waals surface area contributed by atoms with Gasteiger partial charge in [-0.2, -0.15) is 0 Å². The number of methoxy groups -OCH3 is 1. The molecule has 3 aliphatic rings. The van der Waals surface area contributed by atoms with Crippen LogP contribution in [0.15, 0.2) is 48.8 Å². The van der Waals surface area contributed by atoms with E-state index >= 15 is 0 Å². The van der Waals surface area contributed by atoms with Crippen molar-refractivity contribution < 1.29 is 9.53 Å². The summed E-state index contributed by atoms with van der Waals surface area (Å²) in [5.41, 5.74) is 4.14. The highest BCUT2D eigenvalue weighted by Gasteiger charge is 2.45. The summed E-state index contributed by atoms with van der Waals surface area (Å²) < 4.78 is 5.04. The number of aromatic nitrogens is 2. The zero-order valence-electron chi connectivity index (χ0n) is 21.8. The number of fused-ring (bicyclic) bond motifs is 2. The second-order valence-electron chi connectivity index (χ2n) is 11.2. The Hall–Kier alpha value is -3.03. The number of aryl methyl sites for hydroxylation is 1. The summed E-state index contributed by atoms with van der Waals surface area (Å²) in [6.07, 6.45) is 8.92. The lowest BCUT2D eigenvalue weighted by atomic mass is 9.71. The van der Waals surface area contributed by atoms with Crippen LogP contribution in [0.2, 0.25) is 0 Å². The standard InChI is InChI=1S/C30H37N5O2/c1-37-28(36)16-26(24-5-4-22-8-12-31-17-25(22)15-24)18-35-20-30(21-35)9-13-34(14-10-30)19-27-7-6-23-3-2-11-32-29(23)33-27/h4-8,12,15,17,26H,2-3,9-11,13-14,16,18-21H2,1H3,(H,32,33)/t26-/m1/s1. The van der Waals surface area contributed by atoms with E-state index in [2.05, 4.69) is 50.4 Å². The molecular weight excluding hydrogens is 462 g/mol. The molecule has 1 N–H and O–H groups in total. The summed E-state index contributed by atoms with van der Waals surface area (Å²) in [7, 11) is 1.48. The van der Waals surface area contributed by atoms with Crippen molar-refractivity contribution >= 4 is 22.6 Å². The van der Waals surface area contributed by atoms with Crippen LogP contribution in [0.25, 0.3) is 10.8 Å². The zero-order chi connectivity index (χ0) is 25.2. The third kappa shape index (κ3) is 5.34. The zero-order valence-corrected chi connectivity index (χ0v) is 21.8. The molecule has 0 amide bonds.